The van der Waals surface area contributed by atoms with Gasteiger partial charge in [-0.05, 0) is 79.6 Å². The van der Waals surface area contributed by atoms with Gasteiger partial charge in [0.2, 0.25) is 0 Å². The van der Waals surface area contributed by atoms with E-state index in [0.717, 1.165) is 21.7 Å². The number of hydrogen-bond acceptors (Lipinski definition) is 4. The van der Waals surface area contributed by atoms with Crippen molar-refractivity contribution in [2.45, 2.75) is 23.8 Å². The van der Waals surface area contributed by atoms with Crippen LogP contribution in [0.25, 0.3) is 5.69 Å². The highest BCUT2D eigenvalue weighted by Crippen LogP contribution is 2.26. The normalized spacial score (nSPS) is 10.7. The summed E-state index contributed by atoms with van der Waals surface area (Å²) in [5.74, 6) is -0.207. The lowest BCUT2D eigenvalue weighted by Crippen LogP contribution is -2.20. The molecule has 4 aromatic rings. The third-order valence-corrected chi connectivity index (χ3v) is 6.09. The number of benzene rings is 3. The summed E-state index contributed by atoms with van der Waals surface area (Å²) in [4.78, 5) is 26.1. The second kappa shape index (κ2) is 9.42. The van der Waals surface area contributed by atoms with E-state index < -0.39 is 0 Å². The van der Waals surface area contributed by atoms with Gasteiger partial charge < -0.3 is 5.32 Å². The van der Waals surface area contributed by atoms with Gasteiger partial charge in [0.25, 0.3) is 11.5 Å². The Morgan fingerprint density at radius 1 is 0.906 bits per heavy atom. The average molecular weight is 462 g/mol. The number of halogens is 1. The Labute approximate surface area is 195 Å². The number of aryl methyl sites for hydroxylation is 2. The van der Waals surface area contributed by atoms with Crippen molar-refractivity contribution in [2.24, 2.45) is 0 Å². The molecule has 1 aromatic heterocycles. The van der Waals surface area contributed by atoms with Gasteiger partial charge in [-0.1, -0.05) is 41.6 Å². The summed E-state index contributed by atoms with van der Waals surface area (Å²) in [6, 6.07) is 23.2. The van der Waals surface area contributed by atoms with Gasteiger partial charge in [0.1, 0.15) is 5.03 Å². The van der Waals surface area contributed by atoms with Gasteiger partial charge >= 0.3 is 0 Å². The maximum absolute atomic E-state index is 12.7. The number of nitrogens with zero attached hydrogens (tertiary/aromatic N) is 2. The van der Waals surface area contributed by atoms with Crippen molar-refractivity contribution in [2.75, 3.05) is 5.32 Å². The minimum Gasteiger partial charge on any atom is -0.322 e. The van der Waals surface area contributed by atoms with Crippen LogP contribution in [0.1, 0.15) is 21.5 Å². The van der Waals surface area contributed by atoms with Crippen LogP contribution >= 0.6 is 23.4 Å². The van der Waals surface area contributed by atoms with Crippen LogP contribution < -0.4 is 10.9 Å². The lowest BCUT2D eigenvalue weighted by Gasteiger charge is -2.12. The molecule has 1 amide bonds. The molecule has 32 heavy (non-hydrogen) atoms. The number of aromatic nitrogens is 2. The molecule has 1 N–H and O–H groups in total. The van der Waals surface area contributed by atoms with Crippen LogP contribution in [0, 0.1) is 13.8 Å². The van der Waals surface area contributed by atoms with Crippen molar-refractivity contribution < 1.29 is 4.79 Å². The zero-order valence-electron chi connectivity index (χ0n) is 17.5. The summed E-state index contributed by atoms with van der Waals surface area (Å²) in [6.07, 6.45) is 0. The van der Waals surface area contributed by atoms with Crippen LogP contribution in [0.2, 0.25) is 5.02 Å². The van der Waals surface area contributed by atoms with Gasteiger partial charge in [0.05, 0.1) is 5.69 Å². The Balaban J connectivity index is 1.55. The van der Waals surface area contributed by atoms with Crippen LogP contribution in [0.5, 0.6) is 0 Å². The summed E-state index contributed by atoms with van der Waals surface area (Å²) in [7, 11) is 0. The number of carbonyl (C=O) groups excluding carboxylic acids is 1. The lowest BCUT2D eigenvalue weighted by molar-refractivity contribution is 0.102. The SMILES string of the molecule is Cc1cccc(C)c1NC(=O)c1ccc(-n2nc(Sc3ccc(Cl)cc3)ccc2=O)cc1. The third kappa shape index (κ3) is 4.93. The zero-order valence-corrected chi connectivity index (χ0v) is 19.1. The largest absolute Gasteiger partial charge is 0.322 e. The van der Waals surface area contributed by atoms with Crippen molar-refractivity contribution in [3.63, 3.8) is 0 Å². The van der Waals surface area contributed by atoms with Crippen molar-refractivity contribution >= 4 is 35.0 Å². The molecule has 0 spiro atoms. The molecule has 0 atom stereocenters. The molecule has 0 aliphatic heterocycles. The molecule has 160 valence electrons. The summed E-state index contributed by atoms with van der Waals surface area (Å²) in [5.41, 5.74) is 3.64. The summed E-state index contributed by atoms with van der Waals surface area (Å²) >= 11 is 7.37. The second-order valence-corrected chi connectivity index (χ2v) is 8.78. The number of hydrogen-bond donors (Lipinski definition) is 1. The first kappa shape index (κ1) is 21.9. The van der Waals surface area contributed by atoms with Gasteiger partial charge in [-0.3, -0.25) is 9.59 Å². The molecule has 0 saturated heterocycles. The lowest BCUT2D eigenvalue weighted by atomic mass is 10.1. The predicted octanol–water partition coefficient (Wildman–Crippen LogP) is 5.91. The van der Waals surface area contributed by atoms with Crippen molar-refractivity contribution in [1.82, 2.24) is 9.78 Å². The fourth-order valence-electron chi connectivity index (χ4n) is 3.21. The number of para-hydroxylation sites is 1. The number of carbonyl (C=O) groups is 1. The summed E-state index contributed by atoms with van der Waals surface area (Å²) < 4.78 is 1.32. The van der Waals surface area contributed by atoms with Crippen LogP contribution in [0.4, 0.5) is 5.69 Å². The molecule has 0 fully saturated rings. The third-order valence-electron chi connectivity index (χ3n) is 4.91. The van der Waals surface area contributed by atoms with Gasteiger partial charge in [-0.15, -0.1) is 0 Å². The van der Waals surface area contributed by atoms with Gasteiger partial charge in [-0.25, -0.2) is 0 Å². The van der Waals surface area contributed by atoms with E-state index in [1.54, 1.807) is 30.3 Å². The van der Waals surface area contributed by atoms with E-state index in [2.05, 4.69) is 10.4 Å². The van der Waals surface area contributed by atoms with E-state index >= 15 is 0 Å². The first-order chi connectivity index (χ1) is 15.4. The molecule has 3 aromatic carbocycles. The molecular formula is C25H20ClN3O2S. The van der Waals surface area contributed by atoms with E-state index in [1.165, 1.54) is 22.5 Å². The quantitative estimate of drug-likeness (QED) is 0.401. The first-order valence-electron chi connectivity index (χ1n) is 9.92. The smallest absolute Gasteiger partial charge is 0.271 e. The molecule has 7 heteroatoms. The standard InChI is InChI=1S/C25H20ClN3O2S/c1-16-4-3-5-17(2)24(16)27-25(31)18-6-10-20(11-7-18)29-23(30)15-14-22(28-29)32-21-12-8-19(26)9-13-21/h3-15H,1-2H3,(H,27,31). The van der Waals surface area contributed by atoms with Crippen LogP contribution in [-0.2, 0) is 0 Å². The van der Waals surface area contributed by atoms with E-state index in [0.29, 0.717) is 21.3 Å². The average Bonchev–Trinajstić information content (AvgIpc) is 2.79. The molecule has 0 saturated carbocycles. The molecule has 4 rings (SSSR count). The Hall–Kier alpha value is -3.35. The predicted molar refractivity (Wildman–Crippen MR) is 129 cm³/mol. The summed E-state index contributed by atoms with van der Waals surface area (Å²) in [6.45, 7) is 3.91. The van der Waals surface area contributed by atoms with E-state index in [9.17, 15) is 9.59 Å². The van der Waals surface area contributed by atoms with Crippen molar-refractivity contribution in [3.8, 4) is 5.69 Å². The van der Waals surface area contributed by atoms with Gasteiger partial charge in [0, 0.05) is 27.2 Å². The van der Waals surface area contributed by atoms with Gasteiger partial charge in [0.15, 0.2) is 0 Å². The maximum atomic E-state index is 12.7. The van der Waals surface area contributed by atoms with E-state index in [4.69, 9.17) is 11.6 Å². The number of anilines is 1. The molecule has 1 heterocycles. The van der Waals surface area contributed by atoms with E-state index in [1.807, 2.05) is 56.3 Å². The minimum absolute atomic E-state index is 0.207. The number of nitrogens with one attached hydrogen (secondary N) is 1. The van der Waals surface area contributed by atoms with Crippen LogP contribution in [0.3, 0.4) is 0 Å². The van der Waals surface area contributed by atoms with Crippen molar-refractivity contribution in [1.29, 1.82) is 0 Å². The highest BCUT2D eigenvalue weighted by atomic mass is 35.5. The maximum Gasteiger partial charge on any atom is 0.271 e. The van der Waals surface area contributed by atoms with Gasteiger partial charge in [-0.2, -0.15) is 9.78 Å². The first-order valence-corrected chi connectivity index (χ1v) is 11.1. The Kier molecular flexibility index (Phi) is 6.44. The monoisotopic (exact) mass is 461 g/mol. The minimum atomic E-state index is -0.252. The zero-order chi connectivity index (χ0) is 22.7. The molecule has 0 radical (unpaired) electrons. The highest BCUT2D eigenvalue weighted by molar-refractivity contribution is 7.99. The van der Waals surface area contributed by atoms with E-state index in [-0.39, 0.29) is 11.5 Å². The van der Waals surface area contributed by atoms with Crippen LogP contribution in [-0.4, -0.2) is 15.7 Å². The Morgan fingerprint density at radius 3 is 2.22 bits per heavy atom. The second-order valence-electron chi connectivity index (χ2n) is 7.25. The fourth-order valence-corrected chi connectivity index (χ4v) is 4.11. The molecule has 0 unspecified atom stereocenters. The molecule has 0 aliphatic rings. The molecular weight excluding hydrogens is 442 g/mol. The van der Waals surface area contributed by atoms with Crippen molar-refractivity contribution in [3.05, 3.63) is 111 Å². The highest BCUT2D eigenvalue weighted by Gasteiger charge is 2.11. The summed E-state index contributed by atoms with van der Waals surface area (Å²) in [5, 5.41) is 8.76. The molecule has 0 aliphatic carbocycles. The number of rotatable bonds is 5. The number of amides is 1. The van der Waals surface area contributed by atoms with Crippen LogP contribution in [0.15, 0.2) is 93.6 Å². The Bertz CT molecular complexity index is 1310. The fraction of sp³-hybridized carbons (Fsp3) is 0.0800. The Morgan fingerprint density at radius 2 is 1.56 bits per heavy atom. The molecule has 5 nitrogen and oxygen atoms in total. The molecule has 0 bridgehead atoms. The topological polar surface area (TPSA) is 64.0 Å².